The van der Waals surface area contributed by atoms with Gasteiger partial charge >= 0.3 is 0 Å². The highest BCUT2D eigenvalue weighted by molar-refractivity contribution is 7.90. The normalized spacial score (nSPS) is 16.6. The number of likely N-dealkylation sites (tertiary alicyclic amines) is 1. The zero-order valence-electron chi connectivity index (χ0n) is 18.9. The Kier molecular flexibility index (Phi) is 7.31. The highest BCUT2D eigenvalue weighted by atomic mass is 32.2. The molecule has 1 unspecified atom stereocenters. The van der Waals surface area contributed by atoms with Crippen molar-refractivity contribution < 1.29 is 8.42 Å². The average Bonchev–Trinajstić information content (AvgIpc) is 3.45. The molecule has 2 aromatic rings. The van der Waals surface area contributed by atoms with E-state index >= 15 is 0 Å². The molecule has 170 valence electrons. The van der Waals surface area contributed by atoms with Crippen molar-refractivity contribution in [2.75, 3.05) is 43.2 Å². The molecule has 0 aromatic carbocycles. The fraction of sp³-hybridized carbons (Fsp3) is 0.375. The van der Waals surface area contributed by atoms with Gasteiger partial charge in [0.15, 0.2) is 9.84 Å². The van der Waals surface area contributed by atoms with Crippen molar-refractivity contribution in [1.82, 2.24) is 14.9 Å². The van der Waals surface area contributed by atoms with Gasteiger partial charge in [0.05, 0.1) is 17.5 Å². The Balaban J connectivity index is 1.88. The van der Waals surface area contributed by atoms with E-state index < -0.39 is 9.84 Å². The van der Waals surface area contributed by atoms with Crippen LogP contribution in [0.1, 0.15) is 25.3 Å². The number of hydrogen-bond donors (Lipinski definition) is 2. The zero-order valence-corrected chi connectivity index (χ0v) is 19.7. The van der Waals surface area contributed by atoms with Gasteiger partial charge in [0, 0.05) is 50.0 Å². The summed E-state index contributed by atoms with van der Waals surface area (Å²) in [4.78, 5) is 12.3. The molecule has 8 heteroatoms. The number of H-pyrrole nitrogens is 1. The van der Waals surface area contributed by atoms with Crippen molar-refractivity contribution in [3.63, 3.8) is 0 Å². The van der Waals surface area contributed by atoms with Gasteiger partial charge in [-0.05, 0) is 37.1 Å². The van der Waals surface area contributed by atoms with Crippen molar-refractivity contribution >= 4 is 27.2 Å². The lowest BCUT2D eigenvalue weighted by Crippen LogP contribution is -2.38. The van der Waals surface area contributed by atoms with E-state index in [9.17, 15) is 8.42 Å². The van der Waals surface area contributed by atoms with E-state index in [2.05, 4.69) is 56.7 Å². The number of aromatic nitrogens is 2. The number of aromatic amines is 1. The molecule has 0 aliphatic carbocycles. The van der Waals surface area contributed by atoms with Crippen molar-refractivity contribution in [1.29, 1.82) is 0 Å². The van der Waals surface area contributed by atoms with Crippen LogP contribution in [-0.4, -0.2) is 62.3 Å². The van der Waals surface area contributed by atoms with Crippen molar-refractivity contribution in [3.05, 3.63) is 54.4 Å². The standard InChI is InChI=1S/C24H31N5O2S/c1-6-13-29(23-9-8-20(16-27-23)32(5,30)31)19-11-14-28(17-19)22(15-18(3)7-2)21-10-12-26-24(21)25-4/h1,8-10,12,15-16,19,25-26H,3,7,11,13-14,17H2,2,4-5H3/b22-15+. The van der Waals surface area contributed by atoms with Crippen LogP contribution < -0.4 is 10.2 Å². The van der Waals surface area contributed by atoms with Gasteiger partial charge < -0.3 is 20.1 Å². The van der Waals surface area contributed by atoms with Gasteiger partial charge in [-0.25, -0.2) is 13.4 Å². The topological polar surface area (TPSA) is 81.3 Å². The molecular weight excluding hydrogens is 422 g/mol. The van der Waals surface area contributed by atoms with Crippen LogP contribution in [0.3, 0.4) is 0 Å². The Morgan fingerprint density at radius 3 is 2.84 bits per heavy atom. The van der Waals surface area contributed by atoms with Crippen molar-refractivity contribution in [2.45, 2.75) is 30.7 Å². The van der Waals surface area contributed by atoms with Crippen LogP contribution >= 0.6 is 0 Å². The molecule has 2 aromatic heterocycles. The second-order valence-corrected chi connectivity index (χ2v) is 9.92. The minimum absolute atomic E-state index is 0.151. The van der Waals surface area contributed by atoms with Gasteiger partial charge in [-0.15, -0.1) is 6.42 Å². The maximum atomic E-state index is 11.8. The molecule has 1 fully saturated rings. The predicted octanol–water partition coefficient (Wildman–Crippen LogP) is 3.38. The Labute approximate surface area is 191 Å². The number of pyridine rings is 1. The van der Waals surface area contributed by atoms with E-state index in [4.69, 9.17) is 6.42 Å². The molecule has 0 amide bonds. The summed E-state index contributed by atoms with van der Waals surface area (Å²) >= 11 is 0. The second-order valence-electron chi connectivity index (χ2n) is 7.90. The molecule has 1 aliphatic heterocycles. The first-order chi connectivity index (χ1) is 15.3. The molecule has 1 saturated heterocycles. The Bertz CT molecular complexity index is 1130. The van der Waals surface area contributed by atoms with E-state index in [0.29, 0.717) is 12.4 Å². The predicted molar refractivity (Wildman–Crippen MR) is 131 cm³/mol. The molecule has 32 heavy (non-hydrogen) atoms. The van der Waals surface area contributed by atoms with E-state index in [1.54, 1.807) is 12.1 Å². The molecule has 0 radical (unpaired) electrons. The van der Waals surface area contributed by atoms with Gasteiger partial charge in [-0.2, -0.15) is 0 Å². The third kappa shape index (κ3) is 5.17. The quantitative estimate of drug-likeness (QED) is 0.448. The summed E-state index contributed by atoms with van der Waals surface area (Å²) in [6.45, 7) is 8.31. The van der Waals surface area contributed by atoms with Gasteiger partial charge in [0.25, 0.3) is 0 Å². The van der Waals surface area contributed by atoms with Gasteiger partial charge in [-0.1, -0.05) is 25.0 Å². The molecule has 0 spiro atoms. The molecule has 2 N–H and O–H groups in total. The van der Waals surface area contributed by atoms with Gasteiger partial charge in [0.1, 0.15) is 11.6 Å². The minimum Gasteiger partial charge on any atom is -0.374 e. The molecule has 0 saturated carbocycles. The minimum atomic E-state index is -3.30. The van der Waals surface area contributed by atoms with Crippen LogP contribution in [0.5, 0.6) is 0 Å². The van der Waals surface area contributed by atoms with Crippen LogP contribution in [0.4, 0.5) is 11.6 Å². The lowest BCUT2D eigenvalue weighted by atomic mass is 10.1. The molecule has 7 nitrogen and oxygen atoms in total. The van der Waals surface area contributed by atoms with E-state index in [1.165, 1.54) is 12.5 Å². The van der Waals surface area contributed by atoms with Gasteiger partial charge in [-0.3, -0.25) is 0 Å². The lowest BCUT2D eigenvalue weighted by molar-refractivity contribution is 0.479. The number of allylic oxidation sites excluding steroid dienone is 2. The number of anilines is 2. The summed E-state index contributed by atoms with van der Waals surface area (Å²) in [5, 5.41) is 3.22. The Hall–Kier alpha value is -3.18. The Morgan fingerprint density at radius 1 is 1.47 bits per heavy atom. The summed E-state index contributed by atoms with van der Waals surface area (Å²) in [6, 6.07) is 5.54. The zero-order chi connectivity index (χ0) is 23.3. The second kappa shape index (κ2) is 9.96. The maximum Gasteiger partial charge on any atom is 0.177 e. The number of sulfone groups is 1. The van der Waals surface area contributed by atoms with Crippen molar-refractivity contribution in [2.24, 2.45) is 0 Å². The number of terminal acetylenes is 1. The van der Waals surface area contributed by atoms with E-state index in [-0.39, 0.29) is 10.9 Å². The summed E-state index contributed by atoms with van der Waals surface area (Å²) in [5.41, 5.74) is 3.28. The summed E-state index contributed by atoms with van der Waals surface area (Å²) in [5.74, 6) is 4.37. The maximum absolute atomic E-state index is 11.8. The molecule has 3 heterocycles. The third-order valence-corrected chi connectivity index (χ3v) is 6.82. The van der Waals surface area contributed by atoms with Crippen LogP contribution in [0.2, 0.25) is 0 Å². The van der Waals surface area contributed by atoms with E-state index in [1.807, 2.05) is 13.2 Å². The lowest BCUT2D eigenvalue weighted by Gasteiger charge is -2.29. The highest BCUT2D eigenvalue weighted by Gasteiger charge is 2.30. The number of nitrogens with one attached hydrogen (secondary N) is 2. The first-order valence-corrected chi connectivity index (χ1v) is 12.5. The largest absolute Gasteiger partial charge is 0.374 e. The monoisotopic (exact) mass is 453 g/mol. The first-order valence-electron chi connectivity index (χ1n) is 10.6. The van der Waals surface area contributed by atoms with E-state index in [0.717, 1.165) is 48.6 Å². The van der Waals surface area contributed by atoms with Crippen molar-refractivity contribution in [3.8, 4) is 12.3 Å². The summed E-state index contributed by atoms with van der Waals surface area (Å²) in [6.07, 6.45) is 14.1. The SMILES string of the molecule is C#CCN(c1ccc(S(C)(=O)=O)cn1)C1CCN(/C(=C/C(=C)CC)c2cc[nH]c2NC)C1. The highest BCUT2D eigenvalue weighted by Crippen LogP contribution is 2.32. The number of hydrogen-bond acceptors (Lipinski definition) is 6. The van der Waals surface area contributed by atoms with Crippen LogP contribution in [-0.2, 0) is 9.84 Å². The van der Waals surface area contributed by atoms with Crippen LogP contribution in [0.15, 0.2) is 53.7 Å². The number of rotatable bonds is 9. The fourth-order valence-corrected chi connectivity index (χ4v) is 4.46. The molecule has 3 rings (SSSR count). The summed E-state index contributed by atoms with van der Waals surface area (Å²) < 4.78 is 23.6. The molecular formula is C24H31N5O2S. The third-order valence-electron chi connectivity index (χ3n) is 5.72. The van der Waals surface area contributed by atoms with Gasteiger partial charge in [0.2, 0.25) is 0 Å². The first kappa shape index (κ1) is 23.5. The van der Waals surface area contributed by atoms with Crippen LogP contribution in [0, 0.1) is 12.3 Å². The smallest absolute Gasteiger partial charge is 0.177 e. The summed E-state index contributed by atoms with van der Waals surface area (Å²) in [7, 11) is -1.40. The molecule has 1 aliphatic rings. The Morgan fingerprint density at radius 2 is 2.25 bits per heavy atom. The van der Waals surface area contributed by atoms with Crippen LogP contribution in [0.25, 0.3) is 5.70 Å². The average molecular weight is 454 g/mol. The molecule has 0 bridgehead atoms. The fourth-order valence-electron chi connectivity index (χ4n) is 3.90. The number of nitrogens with zero attached hydrogens (tertiary/aromatic N) is 3. The molecule has 1 atom stereocenters.